The minimum atomic E-state index is -0.745. The van der Waals surface area contributed by atoms with E-state index in [1.165, 1.54) is 17.4 Å². The van der Waals surface area contributed by atoms with E-state index in [1.807, 2.05) is 37.3 Å². The maximum absolute atomic E-state index is 14.3. The number of halogens is 2. The van der Waals surface area contributed by atoms with E-state index < -0.39 is 11.6 Å². The van der Waals surface area contributed by atoms with Crippen molar-refractivity contribution in [2.75, 3.05) is 48.0 Å². The van der Waals surface area contributed by atoms with Gasteiger partial charge in [-0.05, 0) is 91.9 Å². The van der Waals surface area contributed by atoms with Crippen LogP contribution in [0.3, 0.4) is 0 Å². The van der Waals surface area contributed by atoms with Crippen LogP contribution in [0.25, 0.3) is 10.4 Å². The van der Waals surface area contributed by atoms with Crippen LogP contribution >= 0.6 is 11.3 Å². The van der Waals surface area contributed by atoms with Crippen LogP contribution in [0.5, 0.6) is 0 Å². The molecule has 2 fully saturated rings. The number of benzene rings is 3. The monoisotopic (exact) mass is 718 g/mol. The van der Waals surface area contributed by atoms with Crippen molar-refractivity contribution in [3.8, 4) is 10.4 Å². The van der Waals surface area contributed by atoms with E-state index in [4.69, 9.17) is 4.74 Å². The summed E-state index contributed by atoms with van der Waals surface area (Å²) in [4.78, 5) is 50.6. The summed E-state index contributed by atoms with van der Waals surface area (Å²) in [5.74, 6) is -1.64. The fourth-order valence-electron chi connectivity index (χ4n) is 7.46. The lowest BCUT2D eigenvalue weighted by molar-refractivity contribution is -0.000511. The number of thiophene rings is 1. The van der Waals surface area contributed by atoms with Gasteiger partial charge in [0.05, 0.1) is 16.1 Å². The Hall–Kier alpha value is -5.26. The van der Waals surface area contributed by atoms with Gasteiger partial charge in [-0.3, -0.25) is 14.4 Å². The predicted octanol–water partition coefficient (Wildman–Crippen LogP) is 7.89. The van der Waals surface area contributed by atoms with Crippen LogP contribution in [0.15, 0.2) is 85.1 Å². The van der Waals surface area contributed by atoms with Gasteiger partial charge in [0.2, 0.25) is 0 Å². The quantitative estimate of drug-likeness (QED) is 0.172. The highest BCUT2D eigenvalue weighted by Crippen LogP contribution is 2.44. The summed E-state index contributed by atoms with van der Waals surface area (Å²) >= 11 is 1.27. The van der Waals surface area contributed by atoms with Crippen molar-refractivity contribution in [2.45, 2.75) is 32.6 Å². The number of nitrogens with zero attached hydrogens (tertiary/aromatic N) is 3. The first-order chi connectivity index (χ1) is 25.2. The van der Waals surface area contributed by atoms with E-state index in [0.29, 0.717) is 46.2 Å². The number of ketones is 1. The molecule has 0 aliphatic carbocycles. The van der Waals surface area contributed by atoms with Crippen LogP contribution in [-0.4, -0.2) is 55.4 Å². The number of hydrogen-bond donors (Lipinski definition) is 1. The Morgan fingerprint density at radius 3 is 2.42 bits per heavy atom. The lowest BCUT2D eigenvalue weighted by Gasteiger charge is -2.53. The Morgan fingerprint density at radius 2 is 1.67 bits per heavy atom. The van der Waals surface area contributed by atoms with E-state index in [0.717, 1.165) is 72.8 Å². The van der Waals surface area contributed by atoms with E-state index in [1.54, 1.807) is 41.4 Å². The van der Waals surface area contributed by atoms with E-state index in [-0.39, 0.29) is 35.0 Å². The molecule has 11 heteroatoms. The molecule has 5 aromatic rings. The topological polar surface area (TPSA) is 91.8 Å². The molecule has 3 aliphatic heterocycles. The third-order valence-corrected chi connectivity index (χ3v) is 11.6. The average molecular weight is 719 g/mol. The molecule has 264 valence electrons. The van der Waals surface area contributed by atoms with E-state index in [9.17, 15) is 23.2 Å². The molecule has 2 aromatic heterocycles. The van der Waals surface area contributed by atoms with Crippen molar-refractivity contribution in [3.05, 3.63) is 129 Å². The van der Waals surface area contributed by atoms with Crippen molar-refractivity contribution in [3.63, 3.8) is 0 Å². The summed E-state index contributed by atoms with van der Waals surface area (Å²) in [7, 11) is 0. The zero-order chi connectivity index (χ0) is 36.0. The zero-order valence-electron chi connectivity index (χ0n) is 28.6. The van der Waals surface area contributed by atoms with Crippen molar-refractivity contribution >= 4 is 46.1 Å². The molecule has 0 bridgehead atoms. The molecule has 3 aliphatic rings. The second kappa shape index (κ2) is 13.7. The number of pyridine rings is 1. The first-order valence-corrected chi connectivity index (χ1v) is 18.2. The van der Waals surface area contributed by atoms with Gasteiger partial charge in [-0.2, -0.15) is 0 Å². The Kier molecular flexibility index (Phi) is 8.92. The molecule has 2 saturated heterocycles. The first kappa shape index (κ1) is 33.9. The third-order valence-electron chi connectivity index (χ3n) is 10.3. The molecule has 0 atom stereocenters. The van der Waals surface area contributed by atoms with Gasteiger partial charge in [-0.1, -0.05) is 24.3 Å². The van der Waals surface area contributed by atoms with Gasteiger partial charge >= 0.3 is 0 Å². The molecule has 8 rings (SSSR count). The molecule has 5 heterocycles. The molecule has 52 heavy (non-hydrogen) atoms. The number of hydrogen-bond acceptors (Lipinski definition) is 7. The normalized spacial score (nSPS) is 16.1. The molecule has 0 unspecified atom stereocenters. The van der Waals surface area contributed by atoms with Crippen LogP contribution < -0.4 is 15.1 Å². The number of carbonyl (C=O) groups is 3. The minimum Gasteiger partial charge on any atom is -0.381 e. The van der Waals surface area contributed by atoms with Gasteiger partial charge in [0.15, 0.2) is 5.78 Å². The lowest BCUT2D eigenvalue weighted by Crippen LogP contribution is -2.59. The van der Waals surface area contributed by atoms with Gasteiger partial charge in [0.1, 0.15) is 17.5 Å². The van der Waals surface area contributed by atoms with Crippen LogP contribution in [0, 0.1) is 24.0 Å². The highest BCUT2D eigenvalue weighted by molar-refractivity contribution is 7.17. The van der Waals surface area contributed by atoms with Gasteiger partial charge in [-0.15, -0.1) is 11.3 Å². The SMILES string of the molecule is Cc1cnc(N2CC3(CCOCC3)C2)c(C(=O)Nc2ccc(C(=O)N3CCc4cc(C(=O)Cc5c(F)cccc5F)sc4-c4ccccc43)cc2)c1. The van der Waals surface area contributed by atoms with Gasteiger partial charge < -0.3 is 19.9 Å². The van der Waals surface area contributed by atoms with E-state index >= 15 is 0 Å². The van der Waals surface area contributed by atoms with Gasteiger partial charge in [0.25, 0.3) is 11.8 Å². The largest absolute Gasteiger partial charge is 0.381 e. The number of amides is 2. The summed E-state index contributed by atoms with van der Waals surface area (Å²) in [6.45, 7) is 5.53. The Balaban J connectivity index is 0.976. The summed E-state index contributed by atoms with van der Waals surface area (Å²) < 4.78 is 34.1. The van der Waals surface area contributed by atoms with Gasteiger partial charge in [0, 0.05) is 78.1 Å². The number of carbonyl (C=O) groups excluding carboxylic acids is 3. The summed E-state index contributed by atoms with van der Waals surface area (Å²) in [5.41, 5.74) is 4.82. The first-order valence-electron chi connectivity index (χ1n) is 17.4. The molecule has 1 N–H and O–H groups in total. The number of para-hydroxylation sites is 1. The number of fused-ring (bicyclic) bond motifs is 3. The smallest absolute Gasteiger partial charge is 0.259 e. The van der Waals surface area contributed by atoms with Crippen LogP contribution in [0.2, 0.25) is 0 Å². The molecular formula is C41H36F2N4O4S. The summed E-state index contributed by atoms with van der Waals surface area (Å²) in [5, 5.41) is 3.00. The number of aromatic nitrogens is 1. The Bertz CT molecular complexity index is 2180. The molecule has 3 aromatic carbocycles. The van der Waals surface area contributed by atoms with Crippen LogP contribution in [0.4, 0.5) is 26.0 Å². The molecule has 1 spiro atoms. The predicted molar refractivity (Wildman–Crippen MR) is 198 cm³/mol. The number of nitrogens with one attached hydrogen (secondary N) is 1. The number of ether oxygens (including phenoxy) is 1. The third kappa shape index (κ3) is 6.39. The molecule has 8 nitrogen and oxygen atoms in total. The van der Waals surface area contributed by atoms with Crippen LogP contribution in [0.1, 0.15) is 59.9 Å². The standard InChI is InChI=1S/C41H36F2N4O4S/c1-25-19-31(38(44-22-25)46-23-41(24-46)14-17-51-18-15-41)39(49)45-28-11-9-26(10-12-28)40(50)47-16-13-27-20-36(52-37(27)29-5-2-3-8-34(29)47)35(48)21-30-32(42)6-4-7-33(30)43/h2-12,19-20,22H,13-18,21,23-24H2,1H3,(H,45,49). The van der Waals surface area contributed by atoms with Gasteiger partial charge in [-0.25, -0.2) is 13.8 Å². The fraction of sp³-hybridized carbons (Fsp3) is 0.268. The summed E-state index contributed by atoms with van der Waals surface area (Å²) in [6, 6.07) is 21.6. The van der Waals surface area contributed by atoms with Crippen molar-refractivity contribution in [1.82, 2.24) is 4.98 Å². The molecule has 0 radical (unpaired) electrons. The van der Waals surface area contributed by atoms with Crippen molar-refractivity contribution < 1.29 is 27.9 Å². The molecule has 0 saturated carbocycles. The number of rotatable bonds is 7. The summed E-state index contributed by atoms with van der Waals surface area (Å²) in [6.07, 6.45) is 3.93. The van der Waals surface area contributed by atoms with Crippen molar-refractivity contribution in [1.29, 1.82) is 0 Å². The Morgan fingerprint density at radius 1 is 0.942 bits per heavy atom. The minimum absolute atomic E-state index is 0.197. The fourth-order valence-corrected chi connectivity index (χ4v) is 8.64. The number of aryl methyl sites for hydroxylation is 1. The lowest BCUT2D eigenvalue weighted by atomic mass is 9.73. The maximum atomic E-state index is 14.3. The second-order valence-electron chi connectivity index (χ2n) is 13.9. The van der Waals surface area contributed by atoms with Crippen LogP contribution in [-0.2, 0) is 17.6 Å². The zero-order valence-corrected chi connectivity index (χ0v) is 29.4. The second-order valence-corrected chi connectivity index (χ2v) is 14.9. The highest BCUT2D eigenvalue weighted by Gasteiger charge is 2.45. The molecule has 2 amide bonds. The number of Topliss-reactive ketones (excluding diaryl/α,β-unsaturated/α-hetero) is 1. The highest BCUT2D eigenvalue weighted by atomic mass is 32.1. The maximum Gasteiger partial charge on any atom is 0.259 e. The Labute approximate surface area is 304 Å². The average Bonchev–Trinajstić information content (AvgIpc) is 3.51. The number of anilines is 3. The van der Waals surface area contributed by atoms with Crippen molar-refractivity contribution in [2.24, 2.45) is 5.41 Å². The van der Waals surface area contributed by atoms with E-state index in [2.05, 4.69) is 15.2 Å². The molecular weight excluding hydrogens is 683 g/mol.